The lowest BCUT2D eigenvalue weighted by Gasteiger charge is -2.16. The maximum absolute atomic E-state index is 13.3. The van der Waals surface area contributed by atoms with Crippen LogP contribution in [0.2, 0.25) is 0 Å². The first-order chi connectivity index (χ1) is 11.8. The summed E-state index contributed by atoms with van der Waals surface area (Å²) in [6.45, 7) is 3.49. The van der Waals surface area contributed by atoms with Gasteiger partial charge in [-0.15, -0.1) is 0 Å². The predicted molar refractivity (Wildman–Crippen MR) is 88.7 cm³/mol. The molecule has 3 nitrogen and oxygen atoms in total. The summed E-state index contributed by atoms with van der Waals surface area (Å²) < 4.78 is 45.3. The van der Waals surface area contributed by atoms with E-state index in [1.54, 1.807) is 18.2 Å². The third-order valence-corrected chi connectivity index (χ3v) is 4.03. The number of aromatic amines is 1. The zero-order valence-corrected chi connectivity index (χ0v) is 13.8. The maximum atomic E-state index is 13.3. The van der Waals surface area contributed by atoms with Crippen molar-refractivity contribution in [2.45, 2.75) is 32.9 Å². The summed E-state index contributed by atoms with van der Waals surface area (Å²) in [5.74, 6) is -0.723. The molecule has 0 unspecified atom stereocenters. The fourth-order valence-electron chi connectivity index (χ4n) is 2.90. The number of hydrogen-bond acceptors (Lipinski definition) is 1. The molecule has 1 radical (unpaired) electrons. The molecule has 1 heterocycles. The smallest absolute Gasteiger partial charge is 0.420 e. The normalized spacial score (nSPS) is 11.9. The molecule has 0 aliphatic heterocycles. The van der Waals surface area contributed by atoms with E-state index in [0.29, 0.717) is 11.8 Å². The van der Waals surface area contributed by atoms with Crippen LogP contribution in [0.3, 0.4) is 0 Å². The number of rotatable bonds is 4. The zero-order chi connectivity index (χ0) is 18.2. The zero-order valence-electron chi connectivity index (χ0n) is 13.8. The molecule has 0 aliphatic carbocycles. The number of aromatic nitrogens is 1. The van der Waals surface area contributed by atoms with Gasteiger partial charge in [-0.1, -0.05) is 13.3 Å². The van der Waals surface area contributed by atoms with E-state index in [1.165, 1.54) is 6.92 Å². The van der Waals surface area contributed by atoms with Crippen molar-refractivity contribution in [2.24, 2.45) is 0 Å². The number of halogens is 3. The lowest BCUT2D eigenvalue weighted by molar-refractivity contribution is -0.138. The molecule has 6 heteroatoms. The second-order valence-electron chi connectivity index (χ2n) is 5.99. The van der Waals surface area contributed by atoms with Gasteiger partial charge in [-0.05, 0) is 48.7 Å². The highest BCUT2D eigenvalue weighted by molar-refractivity contribution is 5.84. The van der Waals surface area contributed by atoms with Crippen molar-refractivity contribution in [3.63, 3.8) is 0 Å². The van der Waals surface area contributed by atoms with Crippen molar-refractivity contribution in [3.8, 4) is 17.2 Å². The second-order valence-corrected chi connectivity index (χ2v) is 5.99. The van der Waals surface area contributed by atoms with Gasteiger partial charge in [0, 0.05) is 23.2 Å². The Kier molecular flexibility index (Phi) is 4.37. The number of aryl methyl sites for hydroxylation is 2. The lowest BCUT2D eigenvalue weighted by atomic mass is 10.1. The molecule has 131 valence electrons. The summed E-state index contributed by atoms with van der Waals surface area (Å²) in [5, 5.41) is 12.4. The molecule has 25 heavy (non-hydrogen) atoms. The van der Waals surface area contributed by atoms with Gasteiger partial charge in [0.1, 0.15) is 17.1 Å². The molecule has 0 amide bonds. The van der Waals surface area contributed by atoms with E-state index < -0.39 is 17.5 Å². The van der Waals surface area contributed by atoms with Crippen LogP contribution >= 0.6 is 0 Å². The first-order valence-electron chi connectivity index (χ1n) is 7.96. The van der Waals surface area contributed by atoms with Gasteiger partial charge in [-0.2, -0.15) is 13.2 Å². The highest BCUT2D eigenvalue weighted by Gasteiger charge is 2.36. The molecule has 3 rings (SSSR count). The Morgan fingerprint density at radius 2 is 1.92 bits per heavy atom. The van der Waals surface area contributed by atoms with Crippen molar-refractivity contribution in [1.29, 1.82) is 0 Å². The Morgan fingerprint density at radius 1 is 1.16 bits per heavy atom. The monoisotopic (exact) mass is 348 g/mol. The van der Waals surface area contributed by atoms with E-state index in [9.17, 15) is 18.3 Å². The molecule has 2 aromatic carbocycles. The highest BCUT2D eigenvalue weighted by Crippen LogP contribution is 2.42. The predicted octanol–water partition coefficient (Wildman–Crippen LogP) is 6.38. The van der Waals surface area contributed by atoms with Crippen LogP contribution in [0.15, 0.2) is 36.5 Å². The van der Waals surface area contributed by atoms with Gasteiger partial charge in [-0.25, -0.2) is 0 Å². The molecule has 0 fully saturated rings. The summed E-state index contributed by atoms with van der Waals surface area (Å²) in [6, 6.07) is 6.82. The molecular formula is C19H17F3NO2. The van der Waals surface area contributed by atoms with E-state index in [2.05, 4.69) is 11.9 Å². The molecule has 0 atom stereocenters. The average Bonchev–Trinajstić information content (AvgIpc) is 2.92. The van der Waals surface area contributed by atoms with Gasteiger partial charge in [0.25, 0.3) is 0 Å². The molecule has 1 aromatic heterocycles. The van der Waals surface area contributed by atoms with Crippen LogP contribution in [0.25, 0.3) is 10.9 Å². The van der Waals surface area contributed by atoms with Crippen LogP contribution in [0.4, 0.5) is 13.2 Å². The highest BCUT2D eigenvalue weighted by atomic mass is 19.4. The summed E-state index contributed by atoms with van der Waals surface area (Å²) in [4.78, 5) is 3.14. The van der Waals surface area contributed by atoms with Crippen molar-refractivity contribution >= 4 is 10.9 Å². The van der Waals surface area contributed by atoms with E-state index in [1.807, 2.05) is 6.20 Å². The number of hydrogen-bond donors (Lipinski definition) is 1. The molecular weight excluding hydrogens is 331 g/mol. The molecule has 0 spiro atoms. The Hall–Kier alpha value is -2.63. The third kappa shape index (κ3) is 3.43. The van der Waals surface area contributed by atoms with Crippen LogP contribution in [0.1, 0.15) is 30.0 Å². The topological polar surface area (TPSA) is 44.9 Å². The van der Waals surface area contributed by atoms with E-state index >= 15 is 0 Å². The van der Waals surface area contributed by atoms with Crippen molar-refractivity contribution in [2.75, 3.05) is 0 Å². The Bertz CT molecular complexity index is 913. The lowest BCUT2D eigenvalue weighted by Crippen LogP contribution is -2.08. The Labute approximate surface area is 143 Å². The Morgan fingerprint density at radius 3 is 2.60 bits per heavy atom. The summed E-state index contributed by atoms with van der Waals surface area (Å²) >= 11 is 0. The van der Waals surface area contributed by atoms with E-state index in [4.69, 9.17) is 4.74 Å². The van der Waals surface area contributed by atoms with Crippen molar-refractivity contribution in [3.05, 3.63) is 53.2 Å². The number of benzene rings is 2. The van der Waals surface area contributed by atoms with Crippen molar-refractivity contribution in [1.82, 2.24) is 4.98 Å². The summed E-state index contributed by atoms with van der Waals surface area (Å²) in [6.07, 6.45) is -0.940. The van der Waals surface area contributed by atoms with Gasteiger partial charge in [0.2, 0.25) is 0 Å². The van der Waals surface area contributed by atoms with Crippen LogP contribution in [-0.2, 0) is 17.7 Å². The van der Waals surface area contributed by atoms with Gasteiger partial charge < -0.3 is 9.72 Å². The van der Waals surface area contributed by atoms with Gasteiger partial charge in [0.05, 0.1) is 0 Å². The third-order valence-electron chi connectivity index (χ3n) is 4.03. The SMILES string of the molecule is CCCc1c[nH]c2ccc(Oc3c(C)cc([O])cc3C(F)(F)F)cc12. The summed E-state index contributed by atoms with van der Waals surface area (Å²) in [7, 11) is 0. The number of alkyl halides is 3. The van der Waals surface area contributed by atoms with Crippen LogP contribution in [-0.4, -0.2) is 4.98 Å². The average molecular weight is 348 g/mol. The Balaban J connectivity index is 2.05. The minimum atomic E-state index is -4.66. The largest absolute Gasteiger partial charge is 0.456 e. The molecule has 0 aliphatic rings. The van der Waals surface area contributed by atoms with E-state index in [0.717, 1.165) is 35.4 Å². The van der Waals surface area contributed by atoms with Crippen LogP contribution < -0.4 is 4.74 Å². The minimum absolute atomic E-state index is 0.155. The number of ether oxygens (including phenoxy) is 1. The first-order valence-corrected chi connectivity index (χ1v) is 7.96. The van der Waals surface area contributed by atoms with Gasteiger partial charge in [-0.3, -0.25) is 5.11 Å². The quantitative estimate of drug-likeness (QED) is 0.584. The second kappa shape index (κ2) is 6.35. The van der Waals surface area contributed by atoms with Gasteiger partial charge >= 0.3 is 6.18 Å². The van der Waals surface area contributed by atoms with Gasteiger partial charge in [0.15, 0.2) is 5.75 Å². The number of nitrogens with one attached hydrogen (secondary N) is 1. The minimum Gasteiger partial charge on any atom is -0.456 e. The molecule has 0 bridgehead atoms. The fourth-order valence-corrected chi connectivity index (χ4v) is 2.90. The van der Waals surface area contributed by atoms with Crippen LogP contribution in [0, 0.1) is 6.92 Å². The molecule has 1 N–H and O–H groups in total. The number of H-pyrrole nitrogens is 1. The van der Waals surface area contributed by atoms with Crippen LogP contribution in [0.5, 0.6) is 17.2 Å². The maximum Gasteiger partial charge on any atom is 0.420 e. The fraction of sp³-hybridized carbons (Fsp3) is 0.263. The molecule has 0 saturated heterocycles. The summed E-state index contributed by atoms with van der Waals surface area (Å²) in [5.41, 5.74) is 1.09. The number of fused-ring (bicyclic) bond motifs is 1. The first kappa shape index (κ1) is 17.2. The standard InChI is InChI=1S/C19H17F3NO2/c1-3-4-12-10-23-17-6-5-14(9-15(12)17)25-18-11(2)7-13(24)8-16(18)19(20,21)22/h5-10,23H,3-4H2,1-2H3. The molecule has 3 aromatic rings. The molecule has 0 saturated carbocycles. The van der Waals surface area contributed by atoms with Crippen molar-refractivity contribution < 1.29 is 23.0 Å². The van der Waals surface area contributed by atoms with E-state index in [-0.39, 0.29) is 11.3 Å².